The lowest BCUT2D eigenvalue weighted by molar-refractivity contribution is -0.220. The maximum Gasteiger partial charge on any atom is 0.472 e. The van der Waals surface area contributed by atoms with E-state index >= 15 is 0 Å². The molecule has 0 aromatic rings. The van der Waals surface area contributed by atoms with Crippen LogP contribution < -0.4 is 0 Å². The van der Waals surface area contributed by atoms with Crippen molar-refractivity contribution in [3.8, 4) is 0 Å². The Bertz CT molecular complexity index is 1300. The topological polar surface area (TPSA) is 192 Å². The highest BCUT2D eigenvalue weighted by Gasteiger charge is 2.51. The van der Waals surface area contributed by atoms with Gasteiger partial charge < -0.3 is 39.9 Å². The van der Waals surface area contributed by atoms with Crippen molar-refractivity contribution < 1.29 is 58.3 Å². The number of carbonyl (C=O) groups excluding carboxylic acids is 1. The molecule has 0 spiro atoms. The number of aliphatic hydroxyl groups is 5. The van der Waals surface area contributed by atoms with Gasteiger partial charge in [0, 0.05) is 13.0 Å². The first-order chi connectivity index (χ1) is 30.0. The van der Waals surface area contributed by atoms with E-state index in [-0.39, 0.29) is 13.0 Å². The molecule has 0 saturated heterocycles. The quantitative estimate of drug-likeness (QED) is 0.0148. The van der Waals surface area contributed by atoms with Crippen molar-refractivity contribution >= 4 is 13.8 Å². The Morgan fingerprint density at radius 3 is 1.45 bits per heavy atom. The predicted molar refractivity (Wildman–Crippen MR) is 248 cm³/mol. The van der Waals surface area contributed by atoms with Crippen LogP contribution in [0.2, 0.25) is 0 Å². The summed E-state index contributed by atoms with van der Waals surface area (Å²) in [7, 11) is -5.03. The van der Waals surface area contributed by atoms with Crippen LogP contribution >= 0.6 is 7.82 Å². The molecule has 0 aromatic carbocycles. The lowest BCUT2D eigenvalue weighted by Crippen LogP contribution is -2.64. The number of phosphoric acid groups is 1. The van der Waals surface area contributed by atoms with Gasteiger partial charge in [0.2, 0.25) is 0 Å². The van der Waals surface area contributed by atoms with Gasteiger partial charge in [-0.15, -0.1) is 0 Å². The Hall–Kier alpha value is -2.22. The van der Waals surface area contributed by atoms with E-state index in [0.29, 0.717) is 13.0 Å². The van der Waals surface area contributed by atoms with Crippen molar-refractivity contribution in [2.45, 2.75) is 211 Å². The zero-order chi connectivity index (χ0) is 45.5. The van der Waals surface area contributed by atoms with Crippen molar-refractivity contribution in [3.05, 3.63) is 72.9 Å². The Morgan fingerprint density at radius 1 is 0.532 bits per heavy atom. The minimum absolute atomic E-state index is 0.103. The van der Waals surface area contributed by atoms with Crippen molar-refractivity contribution in [1.82, 2.24) is 0 Å². The molecule has 0 amide bonds. The highest BCUT2D eigenvalue weighted by Crippen LogP contribution is 2.47. The maximum absolute atomic E-state index is 12.8. The molecule has 12 nitrogen and oxygen atoms in total. The molecular formula is C49H85O12P. The molecule has 0 radical (unpaired) electrons. The highest BCUT2D eigenvalue weighted by molar-refractivity contribution is 7.47. The van der Waals surface area contributed by atoms with E-state index < -0.39 is 63.1 Å². The Labute approximate surface area is 374 Å². The summed E-state index contributed by atoms with van der Waals surface area (Å²) in [5, 5.41) is 50.2. The summed E-state index contributed by atoms with van der Waals surface area (Å²) in [6.07, 6.45) is 38.2. The van der Waals surface area contributed by atoms with E-state index in [2.05, 4.69) is 86.8 Å². The van der Waals surface area contributed by atoms with Gasteiger partial charge in [-0.05, 0) is 83.5 Å². The second-order valence-electron chi connectivity index (χ2n) is 16.2. The first kappa shape index (κ1) is 57.8. The molecule has 0 aliphatic heterocycles. The molecule has 6 atom stereocenters. The number of phosphoric ester groups is 1. The van der Waals surface area contributed by atoms with Gasteiger partial charge in [-0.3, -0.25) is 13.8 Å². The van der Waals surface area contributed by atoms with Crippen molar-refractivity contribution in [3.63, 3.8) is 0 Å². The van der Waals surface area contributed by atoms with E-state index in [1.54, 1.807) is 0 Å². The SMILES string of the molecule is CC/C=C\C/C=C\C/C=C\C/C=C\CCCCCOCC(COP(=O)(O)OC1C(O)C(O)C(O)C(O)C1O)OC(=O)CCCCCCCCCCC/C=C\C/C=C\CCCCC. The second kappa shape index (κ2) is 39.2. The third-order valence-electron chi connectivity index (χ3n) is 10.6. The van der Waals surface area contributed by atoms with Gasteiger partial charge in [-0.25, -0.2) is 4.57 Å². The summed E-state index contributed by atoms with van der Waals surface area (Å²) < 4.78 is 34.2. The Balaban J connectivity index is 2.41. The smallest absolute Gasteiger partial charge is 0.457 e. The normalized spacial score (nSPS) is 22.6. The lowest BCUT2D eigenvalue weighted by atomic mass is 9.85. The number of allylic oxidation sites excluding steroid dienone is 12. The Kier molecular flexibility index (Phi) is 36.5. The van der Waals surface area contributed by atoms with Crippen LogP contribution in [0, 0.1) is 0 Å². The van der Waals surface area contributed by atoms with E-state index in [0.717, 1.165) is 83.5 Å². The summed E-state index contributed by atoms with van der Waals surface area (Å²) >= 11 is 0. The fraction of sp³-hybridized carbons (Fsp3) is 0.735. The van der Waals surface area contributed by atoms with Crippen LogP contribution in [0.5, 0.6) is 0 Å². The van der Waals surface area contributed by atoms with E-state index in [1.165, 1.54) is 57.8 Å². The largest absolute Gasteiger partial charge is 0.472 e. The summed E-state index contributed by atoms with van der Waals surface area (Å²) in [5.74, 6) is -0.496. The van der Waals surface area contributed by atoms with Crippen LogP contribution in [0.25, 0.3) is 0 Å². The number of rotatable bonds is 39. The van der Waals surface area contributed by atoms with Crippen LogP contribution in [-0.4, -0.2) is 98.9 Å². The lowest BCUT2D eigenvalue weighted by Gasteiger charge is -2.41. The first-order valence-corrected chi connectivity index (χ1v) is 25.3. The summed E-state index contributed by atoms with van der Waals surface area (Å²) in [6, 6.07) is 0. The number of hydrogen-bond donors (Lipinski definition) is 6. The molecule has 0 heterocycles. The zero-order valence-corrected chi connectivity index (χ0v) is 39.0. The van der Waals surface area contributed by atoms with Crippen molar-refractivity contribution in [2.24, 2.45) is 0 Å². The fourth-order valence-electron chi connectivity index (χ4n) is 6.79. The molecule has 358 valence electrons. The van der Waals surface area contributed by atoms with Gasteiger partial charge in [0.05, 0.1) is 13.2 Å². The van der Waals surface area contributed by atoms with Gasteiger partial charge in [0.25, 0.3) is 0 Å². The number of hydrogen-bond acceptors (Lipinski definition) is 11. The number of ether oxygens (including phenoxy) is 2. The van der Waals surface area contributed by atoms with Crippen molar-refractivity contribution in [2.75, 3.05) is 19.8 Å². The summed E-state index contributed by atoms with van der Waals surface area (Å²) in [4.78, 5) is 23.2. The van der Waals surface area contributed by atoms with Crippen LogP contribution in [0.15, 0.2) is 72.9 Å². The molecule has 6 unspecified atom stereocenters. The van der Waals surface area contributed by atoms with E-state index in [9.17, 15) is 39.8 Å². The first-order valence-electron chi connectivity index (χ1n) is 23.8. The van der Waals surface area contributed by atoms with Gasteiger partial charge in [0.1, 0.15) is 42.7 Å². The number of unbranched alkanes of at least 4 members (excludes halogenated alkanes) is 15. The number of carbonyl (C=O) groups is 1. The fourth-order valence-corrected chi connectivity index (χ4v) is 7.76. The molecule has 1 saturated carbocycles. The number of esters is 1. The van der Waals surface area contributed by atoms with Gasteiger partial charge in [-0.2, -0.15) is 0 Å². The summed E-state index contributed by atoms with van der Waals surface area (Å²) in [6.45, 7) is 4.04. The maximum atomic E-state index is 12.8. The standard InChI is InChI=1S/C49H85O12P/c1-3-5-7-9-11-13-15-17-19-21-22-23-24-26-28-30-32-34-36-38-43(50)60-42(41-59-62(56,57)61-49-47(54)45(52)44(51)46(53)48(49)55)40-58-39-37-35-33-31-29-27-25-20-18-16-14-12-10-8-6-4-2/h6,8,11-14,17-20,27,29,42,44-49,51-55H,3-5,7,9-10,15-16,21-26,28,30-41H2,1-2H3,(H,56,57)/b8-6-,13-11-,14-12-,19-17-,20-18-,29-27-. The average Bonchev–Trinajstić information content (AvgIpc) is 3.26. The molecule has 13 heteroatoms. The van der Waals surface area contributed by atoms with Gasteiger partial charge in [-0.1, -0.05) is 151 Å². The average molecular weight is 897 g/mol. The Morgan fingerprint density at radius 2 is 0.952 bits per heavy atom. The third-order valence-corrected chi connectivity index (χ3v) is 11.5. The number of aliphatic hydroxyl groups excluding tert-OH is 5. The van der Waals surface area contributed by atoms with Crippen LogP contribution in [-0.2, 0) is 27.9 Å². The van der Waals surface area contributed by atoms with Gasteiger partial charge in [0.15, 0.2) is 0 Å². The second-order valence-corrected chi connectivity index (χ2v) is 17.6. The van der Waals surface area contributed by atoms with Crippen molar-refractivity contribution in [1.29, 1.82) is 0 Å². The molecule has 1 aliphatic rings. The van der Waals surface area contributed by atoms with E-state index in [1.807, 2.05) is 0 Å². The molecule has 0 aromatic heterocycles. The van der Waals surface area contributed by atoms with Crippen LogP contribution in [0.4, 0.5) is 0 Å². The minimum atomic E-state index is -5.03. The molecule has 1 aliphatic carbocycles. The van der Waals surface area contributed by atoms with Crippen LogP contribution in [0.1, 0.15) is 168 Å². The molecule has 62 heavy (non-hydrogen) atoms. The molecule has 0 bridgehead atoms. The zero-order valence-electron chi connectivity index (χ0n) is 38.1. The third kappa shape index (κ3) is 30.8. The monoisotopic (exact) mass is 897 g/mol. The highest BCUT2D eigenvalue weighted by atomic mass is 31.2. The summed E-state index contributed by atoms with van der Waals surface area (Å²) in [5.41, 5.74) is 0. The predicted octanol–water partition coefficient (Wildman–Crippen LogP) is 9.97. The minimum Gasteiger partial charge on any atom is -0.457 e. The molecule has 1 fully saturated rings. The molecule has 1 rings (SSSR count). The van der Waals surface area contributed by atoms with E-state index in [4.69, 9.17) is 18.5 Å². The van der Waals surface area contributed by atoms with Crippen LogP contribution in [0.3, 0.4) is 0 Å². The van der Waals surface area contributed by atoms with Gasteiger partial charge >= 0.3 is 13.8 Å². The molecular weight excluding hydrogens is 812 g/mol. The molecule has 6 N–H and O–H groups in total.